The molecule has 0 bridgehead atoms. The Morgan fingerprint density at radius 3 is 3.12 bits per heavy atom. The third kappa shape index (κ3) is 1.42. The Balaban J connectivity index is 2.06. The van der Waals surface area contributed by atoms with Crippen LogP contribution in [0.2, 0.25) is 0 Å². The maximum absolute atomic E-state index is 5.74. The van der Waals surface area contributed by atoms with Crippen LogP contribution in [0.15, 0.2) is 12.4 Å². The highest BCUT2D eigenvalue weighted by Crippen LogP contribution is 2.22. The highest BCUT2D eigenvalue weighted by Gasteiger charge is 2.20. The number of fused-ring (bicyclic) bond motifs is 1. The molecule has 0 radical (unpaired) electrons. The van der Waals surface area contributed by atoms with Crippen molar-refractivity contribution in [1.29, 1.82) is 0 Å². The zero-order valence-corrected chi connectivity index (χ0v) is 8.93. The van der Waals surface area contributed by atoms with Gasteiger partial charge >= 0.3 is 0 Å². The molecule has 0 spiro atoms. The minimum absolute atomic E-state index is 0.283. The summed E-state index contributed by atoms with van der Waals surface area (Å²) in [6.07, 6.45) is 7.10. The summed E-state index contributed by atoms with van der Waals surface area (Å²) in [5.41, 5.74) is 6.39. The Hall–Kier alpha value is -1.69. The van der Waals surface area contributed by atoms with E-state index in [4.69, 9.17) is 5.73 Å². The van der Waals surface area contributed by atoms with Gasteiger partial charge in [0.2, 0.25) is 5.65 Å². The zero-order chi connectivity index (χ0) is 11.0. The highest BCUT2D eigenvalue weighted by atomic mass is 15.3. The number of piperidine rings is 1. The van der Waals surface area contributed by atoms with Gasteiger partial charge in [-0.15, -0.1) is 10.2 Å². The molecule has 1 aliphatic heterocycles. The normalized spacial score (nSPS) is 21.4. The standard InChI is InChI=1S/C10H14N6/c11-8-10-15-14-9(16(10)6-5-13-8)7-3-1-2-4-12-7/h5-7,12H,1-4H2,(H2,11,13). The molecule has 3 rings (SSSR count). The predicted molar refractivity (Wildman–Crippen MR) is 59.8 cm³/mol. The minimum Gasteiger partial charge on any atom is -0.381 e. The summed E-state index contributed by atoms with van der Waals surface area (Å²) in [6, 6.07) is 0.283. The second-order valence-electron chi connectivity index (χ2n) is 4.07. The van der Waals surface area contributed by atoms with Gasteiger partial charge in [-0.1, -0.05) is 6.42 Å². The smallest absolute Gasteiger partial charge is 0.203 e. The zero-order valence-electron chi connectivity index (χ0n) is 8.93. The minimum atomic E-state index is 0.283. The van der Waals surface area contributed by atoms with E-state index in [1.54, 1.807) is 6.20 Å². The quantitative estimate of drug-likeness (QED) is 0.729. The van der Waals surface area contributed by atoms with Gasteiger partial charge in [-0.05, 0) is 19.4 Å². The lowest BCUT2D eigenvalue weighted by Crippen LogP contribution is -2.28. The second kappa shape index (κ2) is 3.71. The van der Waals surface area contributed by atoms with Crippen molar-refractivity contribution in [3.8, 4) is 0 Å². The Kier molecular flexibility index (Phi) is 2.21. The van der Waals surface area contributed by atoms with Crippen molar-refractivity contribution < 1.29 is 0 Å². The molecule has 6 heteroatoms. The van der Waals surface area contributed by atoms with Gasteiger partial charge in [0.25, 0.3) is 0 Å². The number of nitrogens with zero attached hydrogens (tertiary/aromatic N) is 4. The molecule has 0 aromatic carbocycles. The first kappa shape index (κ1) is 9.53. The molecule has 0 saturated carbocycles. The van der Waals surface area contributed by atoms with Gasteiger partial charge < -0.3 is 11.1 Å². The fraction of sp³-hybridized carbons (Fsp3) is 0.500. The Morgan fingerprint density at radius 1 is 1.38 bits per heavy atom. The largest absolute Gasteiger partial charge is 0.381 e. The van der Waals surface area contributed by atoms with E-state index >= 15 is 0 Å². The fourth-order valence-corrected chi connectivity index (χ4v) is 2.17. The van der Waals surface area contributed by atoms with Crippen molar-refractivity contribution in [2.24, 2.45) is 0 Å². The Labute approximate surface area is 92.9 Å². The lowest BCUT2D eigenvalue weighted by atomic mass is 10.0. The number of aromatic nitrogens is 4. The van der Waals surface area contributed by atoms with E-state index in [1.165, 1.54) is 12.8 Å². The molecule has 2 aromatic heterocycles. The van der Waals surface area contributed by atoms with E-state index in [-0.39, 0.29) is 6.04 Å². The van der Waals surface area contributed by atoms with Crippen molar-refractivity contribution in [2.75, 3.05) is 12.3 Å². The van der Waals surface area contributed by atoms with Gasteiger partial charge in [-0.3, -0.25) is 4.40 Å². The molecule has 0 amide bonds. The van der Waals surface area contributed by atoms with Crippen molar-refractivity contribution in [2.45, 2.75) is 25.3 Å². The molecule has 6 nitrogen and oxygen atoms in total. The molecule has 2 aromatic rings. The molecule has 16 heavy (non-hydrogen) atoms. The summed E-state index contributed by atoms with van der Waals surface area (Å²) in [5, 5.41) is 11.7. The van der Waals surface area contributed by atoms with Crippen LogP contribution in [0.4, 0.5) is 5.82 Å². The molecule has 1 saturated heterocycles. The molecule has 0 aliphatic carbocycles. The van der Waals surface area contributed by atoms with Crippen LogP contribution in [0.1, 0.15) is 31.1 Å². The van der Waals surface area contributed by atoms with Gasteiger partial charge in [0.05, 0.1) is 6.04 Å². The predicted octanol–water partition coefficient (Wildman–Crippen LogP) is 0.521. The van der Waals surface area contributed by atoms with Crippen LogP contribution in [0.25, 0.3) is 5.65 Å². The number of nitrogens with one attached hydrogen (secondary N) is 1. The van der Waals surface area contributed by atoms with Crippen LogP contribution in [-0.4, -0.2) is 26.1 Å². The highest BCUT2D eigenvalue weighted by molar-refractivity contribution is 5.58. The first-order valence-electron chi connectivity index (χ1n) is 5.55. The first-order valence-corrected chi connectivity index (χ1v) is 5.55. The van der Waals surface area contributed by atoms with E-state index in [0.29, 0.717) is 11.5 Å². The lowest BCUT2D eigenvalue weighted by Gasteiger charge is -2.21. The van der Waals surface area contributed by atoms with Crippen molar-refractivity contribution in [3.63, 3.8) is 0 Å². The fourth-order valence-electron chi connectivity index (χ4n) is 2.17. The molecule has 1 fully saturated rings. The molecule has 3 heterocycles. The van der Waals surface area contributed by atoms with E-state index in [2.05, 4.69) is 20.5 Å². The molecule has 84 valence electrons. The Morgan fingerprint density at radius 2 is 2.31 bits per heavy atom. The molecular formula is C10H14N6. The topological polar surface area (TPSA) is 81.1 Å². The van der Waals surface area contributed by atoms with Crippen molar-refractivity contribution in [3.05, 3.63) is 18.2 Å². The monoisotopic (exact) mass is 218 g/mol. The first-order chi connectivity index (χ1) is 7.86. The number of hydrogen-bond acceptors (Lipinski definition) is 5. The van der Waals surface area contributed by atoms with Gasteiger partial charge in [0.15, 0.2) is 11.6 Å². The van der Waals surface area contributed by atoms with Gasteiger partial charge in [-0.25, -0.2) is 4.98 Å². The lowest BCUT2D eigenvalue weighted by molar-refractivity contribution is 0.395. The summed E-state index contributed by atoms with van der Waals surface area (Å²) < 4.78 is 1.92. The summed E-state index contributed by atoms with van der Waals surface area (Å²) in [5.74, 6) is 1.36. The summed E-state index contributed by atoms with van der Waals surface area (Å²) >= 11 is 0. The number of rotatable bonds is 1. The molecule has 1 atom stereocenters. The van der Waals surface area contributed by atoms with Crippen LogP contribution in [0.3, 0.4) is 0 Å². The SMILES string of the molecule is Nc1nccn2c(C3CCCCN3)nnc12. The van der Waals surface area contributed by atoms with Gasteiger partial charge in [0.1, 0.15) is 0 Å². The Bertz CT molecular complexity index is 499. The summed E-state index contributed by atoms with van der Waals surface area (Å²) in [4.78, 5) is 4.00. The van der Waals surface area contributed by atoms with Gasteiger partial charge in [-0.2, -0.15) is 0 Å². The number of nitrogens with two attached hydrogens (primary N) is 1. The van der Waals surface area contributed by atoms with Crippen LogP contribution in [-0.2, 0) is 0 Å². The third-order valence-corrected chi connectivity index (χ3v) is 3.00. The summed E-state index contributed by atoms with van der Waals surface area (Å²) in [6.45, 7) is 1.04. The molecule has 1 unspecified atom stereocenters. The van der Waals surface area contributed by atoms with E-state index in [1.807, 2.05) is 10.6 Å². The average molecular weight is 218 g/mol. The number of hydrogen-bond donors (Lipinski definition) is 2. The van der Waals surface area contributed by atoms with Crippen molar-refractivity contribution >= 4 is 11.5 Å². The van der Waals surface area contributed by atoms with E-state index in [9.17, 15) is 0 Å². The van der Waals surface area contributed by atoms with E-state index in [0.717, 1.165) is 18.8 Å². The van der Waals surface area contributed by atoms with Crippen molar-refractivity contribution in [1.82, 2.24) is 24.9 Å². The maximum Gasteiger partial charge on any atom is 0.203 e. The molecule has 3 N–H and O–H groups in total. The molecular weight excluding hydrogens is 204 g/mol. The number of nitrogen functional groups attached to an aromatic ring is 1. The second-order valence-corrected chi connectivity index (χ2v) is 4.07. The van der Waals surface area contributed by atoms with Crippen LogP contribution in [0.5, 0.6) is 0 Å². The summed E-state index contributed by atoms with van der Waals surface area (Å²) in [7, 11) is 0. The molecule has 1 aliphatic rings. The maximum atomic E-state index is 5.74. The van der Waals surface area contributed by atoms with Crippen LogP contribution in [0, 0.1) is 0 Å². The number of anilines is 1. The average Bonchev–Trinajstić information content (AvgIpc) is 2.75. The third-order valence-electron chi connectivity index (χ3n) is 3.00. The van der Waals surface area contributed by atoms with Crippen LogP contribution < -0.4 is 11.1 Å². The van der Waals surface area contributed by atoms with E-state index < -0.39 is 0 Å². The van der Waals surface area contributed by atoms with Crippen LogP contribution >= 0.6 is 0 Å². The van der Waals surface area contributed by atoms with Gasteiger partial charge in [0, 0.05) is 12.4 Å².